The minimum absolute atomic E-state index is 0. The van der Waals surface area contributed by atoms with E-state index in [1.807, 2.05) is 6.07 Å². The Hall–Kier alpha value is -0.710. The molecule has 1 aliphatic carbocycles. The maximum atomic E-state index is 13.8. The second-order valence-electron chi connectivity index (χ2n) is 4.84. The highest BCUT2D eigenvalue weighted by Gasteiger charge is 2.30. The Bertz CT molecular complexity index is 366. The van der Waals surface area contributed by atoms with Crippen LogP contribution >= 0.6 is 12.4 Å². The Morgan fingerprint density at radius 3 is 2.58 bits per heavy atom. The summed E-state index contributed by atoms with van der Waals surface area (Å²) in [4.78, 5) is 0. The van der Waals surface area contributed by atoms with E-state index >= 15 is 0 Å². The van der Waals surface area contributed by atoms with Crippen molar-refractivity contribution in [1.82, 2.24) is 0 Å². The molecule has 0 aliphatic heterocycles. The average molecular weight is 292 g/mol. The zero-order valence-corrected chi connectivity index (χ0v) is 11.5. The van der Waals surface area contributed by atoms with Gasteiger partial charge in [-0.3, -0.25) is 0 Å². The first-order chi connectivity index (χ1) is 8.66. The van der Waals surface area contributed by atoms with Crippen molar-refractivity contribution >= 4 is 12.4 Å². The number of rotatable bonds is 4. The van der Waals surface area contributed by atoms with Gasteiger partial charge in [0.1, 0.15) is 12.3 Å². The standard InChI is InChI=1S/C14H19F2NO.ClH/c15-12-8-11(17)6-7-14(12)18-9-13(16)10-4-2-1-3-5-10;/h1-5,11-14H,6-9,17H2;1H. The van der Waals surface area contributed by atoms with E-state index in [4.69, 9.17) is 10.5 Å². The van der Waals surface area contributed by atoms with E-state index in [1.165, 1.54) is 0 Å². The van der Waals surface area contributed by atoms with Crippen LogP contribution in [0.5, 0.6) is 0 Å². The molecule has 19 heavy (non-hydrogen) atoms. The predicted molar refractivity (Wildman–Crippen MR) is 74.0 cm³/mol. The summed E-state index contributed by atoms with van der Waals surface area (Å²) in [6.45, 7) is -0.0929. The summed E-state index contributed by atoms with van der Waals surface area (Å²) in [5, 5.41) is 0. The Morgan fingerprint density at radius 1 is 1.26 bits per heavy atom. The molecule has 1 fully saturated rings. The predicted octanol–water partition coefficient (Wildman–Crippen LogP) is 3.35. The van der Waals surface area contributed by atoms with E-state index in [0.717, 1.165) is 6.42 Å². The largest absolute Gasteiger partial charge is 0.372 e. The summed E-state index contributed by atoms with van der Waals surface area (Å²) in [5.41, 5.74) is 6.23. The van der Waals surface area contributed by atoms with Gasteiger partial charge in [0, 0.05) is 6.04 Å². The van der Waals surface area contributed by atoms with Gasteiger partial charge >= 0.3 is 0 Å². The fourth-order valence-electron chi connectivity index (χ4n) is 2.27. The third kappa shape index (κ3) is 4.71. The number of hydrogen-bond acceptors (Lipinski definition) is 2. The number of ether oxygens (including phenoxy) is 1. The maximum Gasteiger partial charge on any atom is 0.148 e. The first kappa shape index (κ1) is 16.3. The molecule has 5 heteroatoms. The van der Waals surface area contributed by atoms with E-state index in [-0.39, 0.29) is 25.1 Å². The van der Waals surface area contributed by atoms with Crippen LogP contribution in [0.2, 0.25) is 0 Å². The molecular formula is C14H20ClF2NO. The molecule has 1 aliphatic rings. The summed E-state index contributed by atoms with van der Waals surface area (Å²) in [6.07, 6.45) is -1.15. The van der Waals surface area contributed by atoms with Crippen LogP contribution in [0.25, 0.3) is 0 Å². The molecule has 0 spiro atoms. The van der Waals surface area contributed by atoms with Crippen LogP contribution < -0.4 is 5.73 Å². The van der Waals surface area contributed by atoms with Gasteiger partial charge in [-0.2, -0.15) is 0 Å². The second-order valence-corrected chi connectivity index (χ2v) is 4.84. The van der Waals surface area contributed by atoms with E-state index in [2.05, 4.69) is 0 Å². The van der Waals surface area contributed by atoms with Crippen LogP contribution in [0.3, 0.4) is 0 Å². The maximum absolute atomic E-state index is 13.8. The Labute approximate surface area is 118 Å². The molecule has 0 bridgehead atoms. The monoisotopic (exact) mass is 291 g/mol. The van der Waals surface area contributed by atoms with Gasteiger partial charge in [-0.25, -0.2) is 8.78 Å². The van der Waals surface area contributed by atoms with Crippen molar-refractivity contribution in [2.45, 2.75) is 43.8 Å². The highest BCUT2D eigenvalue weighted by atomic mass is 35.5. The molecule has 2 nitrogen and oxygen atoms in total. The zero-order chi connectivity index (χ0) is 13.0. The molecule has 2 N–H and O–H groups in total. The molecular weight excluding hydrogens is 272 g/mol. The number of alkyl halides is 2. The molecule has 0 radical (unpaired) electrons. The van der Waals surface area contributed by atoms with Gasteiger partial charge < -0.3 is 10.5 Å². The smallest absolute Gasteiger partial charge is 0.148 e. The summed E-state index contributed by atoms with van der Waals surface area (Å²) in [5.74, 6) is 0. The van der Waals surface area contributed by atoms with Crippen molar-refractivity contribution < 1.29 is 13.5 Å². The second kappa shape index (κ2) is 7.78. The lowest BCUT2D eigenvalue weighted by atomic mass is 9.92. The molecule has 0 saturated heterocycles. The van der Waals surface area contributed by atoms with Crippen molar-refractivity contribution in [3.05, 3.63) is 35.9 Å². The average Bonchev–Trinajstić information content (AvgIpc) is 2.38. The van der Waals surface area contributed by atoms with Crippen molar-refractivity contribution in [3.8, 4) is 0 Å². The van der Waals surface area contributed by atoms with Gasteiger partial charge in [0.2, 0.25) is 0 Å². The molecule has 4 unspecified atom stereocenters. The Morgan fingerprint density at radius 2 is 1.95 bits per heavy atom. The minimum atomic E-state index is -1.20. The third-order valence-corrected chi connectivity index (χ3v) is 3.37. The SMILES string of the molecule is Cl.NC1CCC(OCC(F)c2ccccc2)C(F)C1. The minimum Gasteiger partial charge on any atom is -0.372 e. The van der Waals surface area contributed by atoms with Crippen LogP contribution in [0.4, 0.5) is 8.78 Å². The summed E-state index contributed by atoms with van der Waals surface area (Å²) in [7, 11) is 0. The summed E-state index contributed by atoms with van der Waals surface area (Å²) in [6, 6.07) is 8.71. The summed E-state index contributed by atoms with van der Waals surface area (Å²) < 4.78 is 32.8. The van der Waals surface area contributed by atoms with Crippen molar-refractivity contribution in [2.24, 2.45) is 5.73 Å². The lowest BCUT2D eigenvalue weighted by Gasteiger charge is -2.30. The first-order valence-electron chi connectivity index (χ1n) is 6.37. The highest BCUT2D eigenvalue weighted by molar-refractivity contribution is 5.85. The van der Waals surface area contributed by atoms with E-state index in [0.29, 0.717) is 18.4 Å². The van der Waals surface area contributed by atoms with Gasteiger partial charge in [-0.1, -0.05) is 30.3 Å². The van der Waals surface area contributed by atoms with Gasteiger partial charge in [-0.15, -0.1) is 12.4 Å². The van der Waals surface area contributed by atoms with Gasteiger partial charge in [0.15, 0.2) is 0 Å². The van der Waals surface area contributed by atoms with Gasteiger partial charge in [-0.05, 0) is 24.8 Å². The third-order valence-electron chi connectivity index (χ3n) is 3.37. The number of benzene rings is 1. The molecule has 1 aromatic carbocycles. The van der Waals surface area contributed by atoms with E-state index in [1.54, 1.807) is 24.3 Å². The normalized spacial score (nSPS) is 28.5. The molecule has 1 aromatic rings. The Balaban J connectivity index is 0.00000180. The van der Waals surface area contributed by atoms with E-state index in [9.17, 15) is 8.78 Å². The van der Waals surface area contributed by atoms with Crippen LogP contribution in [0.1, 0.15) is 31.0 Å². The molecule has 0 aromatic heterocycles. The fraction of sp³-hybridized carbons (Fsp3) is 0.571. The van der Waals surface area contributed by atoms with Gasteiger partial charge in [0.05, 0.1) is 12.7 Å². The molecule has 0 amide bonds. The molecule has 0 heterocycles. The lowest BCUT2D eigenvalue weighted by Crippen LogP contribution is -2.39. The quantitative estimate of drug-likeness (QED) is 0.923. The number of hydrogen-bond donors (Lipinski definition) is 1. The number of nitrogens with two attached hydrogens (primary N) is 1. The molecule has 1 saturated carbocycles. The van der Waals surface area contributed by atoms with Gasteiger partial charge in [0.25, 0.3) is 0 Å². The molecule has 108 valence electrons. The highest BCUT2D eigenvalue weighted by Crippen LogP contribution is 2.25. The first-order valence-corrected chi connectivity index (χ1v) is 6.37. The van der Waals surface area contributed by atoms with Crippen LogP contribution in [-0.4, -0.2) is 24.9 Å². The summed E-state index contributed by atoms with van der Waals surface area (Å²) >= 11 is 0. The Kier molecular flexibility index (Phi) is 6.69. The van der Waals surface area contributed by atoms with E-state index < -0.39 is 18.4 Å². The van der Waals surface area contributed by atoms with Crippen LogP contribution in [0.15, 0.2) is 30.3 Å². The lowest BCUT2D eigenvalue weighted by molar-refractivity contribution is -0.0466. The fourth-order valence-corrected chi connectivity index (χ4v) is 2.27. The number of halogens is 3. The van der Waals surface area contributed by atoms with Crippen molar-refractivity contribution in [3.63, 3.8) is 0 Å². The van der Waals surface area contributed by atoms with Crippen LogP contribution in [0, 0.1) is 0 Å². The van der Waals surface area contributed by atoms with Crippen LogP contribution in [-0.2, 0) is 4.74 Å². The van der Waals surface area contributed by atoms with Crippen molar-refractivity contribution in [1.29, 1.82) is 0 Å². The topological polar surface area (TPSA) is 35.2 Å². The molecule has 4 atom stereocenters. The zero-order valence-electron chi connectivity index (χ0n) is 10.7. The van der Waals surface area contributed by atoms with Crippen molar-refractivity contribution in [2.75, 3.05) is 6.61 Å². The molecule has 2 rings (SSSR count).